The normalized spacial score (nSPS) is 17.0. The summed E-state index contributed by atoms with van der Waals surface area (Å²) in [6.45, 7) is 3.13. The monoisotopic (exact) mass is 600 g/mol. The second-order valence-electron chi connectivity index (χ2n) is 9.73. The quantitative estimate of drug-likeness (QED) is 0.112. The van der Waals surface area contributed by atoms with E-state index < -0.39 is 70.1 Å². The summed E-state index contributed by atoms with van der Waals surface area (Å²) in [5, 5.41) is 9.41. The Morgan fingerprint density at radius 2 is 1.78 bits per heavy atom. The van der Waals surface area contributed by atoms with Gasteiger partial charge in [-0.2, -0.15) is 8.42 Å². The fourth-order valence-electron chi connectivity index (χ4n) is 4.02. The predicted molar refractivity (Wildman–Crippen MR) is 143 cm³/mol. The fourth-order valence-corrected chi connectivity index (χ4v) is 4.83. The number of esters is 1. The van der Waals surface area contributed by atoms with Crippen LogP contribution >= 0.6 is 0 Å². The molecule has 1 aliphatic rings. The van der Waals surface area contributed by atoms with E-state index in [9.17, 15) is 36.9 Å². The number of benzene rings is 1. The van der Waals surface area contributed by atoms with Crippen LogP contribution in [0.3, 0.4) is 0 Å². The van der Waals surface area contributed by atoms with Crippen LogP contribution in [0.4, 0.5) is 9.59 Å². The number of alkyl carbamates (subject to hydrolysis) is 2. The lowest BCUT2D eigenvalue weighted by atomic mass is 9.97. The Morgan fingerprint density at radius 1 is 1.10 bits per heavy atom. The summed E-state index contributed by atoms with van der Waals surface area (Å²) in [6.07, 6.45) is -2.25. The van der Waals surface area contributed by atoms with Crippen molar-refractivity contribution in [3.8, 4) is 0 Å². The highest BCUT2D eigenvalue weighted by Gasteiger charge is 2.41. The van der Waals surface area contributed by atoms with Crippen molar-refractivity contribution in [1.29, 1.82) is 0 Å². The number of nitrogens with one attached hydrogen (secondary N) is 4. The van der Waals surface area contributed by atoms with Crippen LogP contribution < -0.4 is 21.3 Å². The Balaban J connectivity index is 2.24. The van der Waals surface area contributed by atoms with Gasteiger partial charge in [0.05, 0.1) is 13.2 Å². The molecule has 1 saturated heterocycles. The molecule has 4 atom stereocenters. The van der Waals surface area contributed by atoms with E-state index >= 15 is 0 Å². The van der Waals surface area contributed by atoms with Crippen molar-refractivity contribution in [2.24, 2.45) is 11.8 Å². The third-order valence-electron chi connectivity index (χ3n) is 6.01. The maximum atomic E-state index is 13.3. The molecule has 0 saturated carbocycles. The molecule has 5 N–H and O–H groups in total. The van der Waals surface area contributed by atoms with Gasteiger partial charge in [-0.3, -0.25) is 18.9 Å². The van der Waals surface area contributed by atoms with Crippen molar-refractivity contribution >= 4 is 40.1 Å². The summed E-state index contributed by atoms with van der Waals surface area (Å²) in [5.41, 5.74) is -1.65. The topological polar surface area (TPSA) is 216 Å². The maximum Gasteiger partial charge on any atom is 0.409 e. The van der Waals surface area contributed by atoms with Crippen LogP contribution in [0.5, 0.6) is 0 Å². The Labute approximate surface area is 237 Å². The summed E-state index contributed by atoms with van der Waals surface area (Å²) < 4.78 is 49.0. The Kier molecular flexibility index (Phi) is 12.8. The third-order valence-corrected chi connectivity index (χ3v) is 7.02. The molecule has 16 heteroatoms. The molecule has 1 fully saturated rings. The van der Waals surface area contributed by atoms with E-state index in [2.05, 4.69) is 20.7 Å². The van der Waals surface area contributed by atoms with Crippen molar-refractivity contribution in [2.45, 2.75) is 57.2 Å². The predicted octanol–water partition coefficient (Wildman–Crippen LogP) is 0.452. The first-order valence-electron chi connectivity index (χ1n) is 12.8. The summed E-state index contributed by atoms with van der Waals surface area (Å²) >= 11 is 0. The van der Waals surface area contributed by atoms with Crippen molar-refractivity contribution in [3.05, 3.63) is 35.9 Å². The van der Waals surface area contributed by atoms with Gasteiger partial charge in [-0.15, -0.1) is 0 Å². The average Bonchev–Trinajstić information content (AvgIpc) is 3.32. The highest BCUT2D eigenvalue weighted by atomic mass is 32.2. The van der Waals surface area contributed by atoms with Crippen LogP contribution in [-0.4, -0.2) is 80.7 Å². The van der Waals surface area contributed by atoms with E-state index in [-0.39, 0.29) is 31.8 Å². The van der Waals surface area contributed by atoms with Gasteiger partial charge in [-0.1, -0.05) is 44.2 Å². The zero-order chi connectivity index (χ0) is 30.6. The molecule has 4 amide bonds. The van der Waals surface area contributed by atoms with Crippen molar-refractivity contribution in [1.82, 2.24) is 21.3 Å². The van der Waals surface area contributed by atoms with E-state index in [4.69, 9.17) is 9.47 Å². The number of ether oxygens (including phenoxy) is 3. The Hall–Kier alpha value is -3.92. The molecule has 0 aromatic heterocycles. The lowest BCUT2D eigenvalue weighted by Crippen LogP contribution is -2.56. The number of amides is 4. The lowest BCUT2D eigenvalue weighted by Gasteiger charge is -2.29. The average molecular weight is 601 g/mol. The van der Waals surface area contributed by atoms with Crippen LogP contribution in [0, 0.1) is 11.8 Å². The van der Waals surface area contributed by atoms with Crippen LogP contribution in [-0.2, 0) is 45.3 Å². The van der Waals surface area contributed by atoms with Gasteiger partial charge in [-0.25, -0.2) is 9.59 Å². The zero-order valence-electron chi connectivity index (χ0n) is 23.0. The van der Waals surface area contributed by atoms with Gasteiger partial charge in [0.2, 0.25) is 17.3 Å². The van der Waals surface area contributed by atoms with Crippen LogP contribution in [0.15, 0.2) is 30.3 Å². The van der Waals surface area contributed by atoms with E-state index in [1.54, 1.807) is 44.2 Å². The van der Waals surface area contributed by atoms with Gasteiger partial charge in [0, 0.05) is 12.5 Å². The van der Waals surface area contributed by atoms with Crippen molar-refractivity contribution < 1.29 is 51.2 Å². The van der Waals surface area contributed by atoms with Gasteiger partial charge >= 0.3 is 28.3 Å². The number of rotatable bonds is 14. The van der Waals surface area contributed by atoms with E-state index in [1.807, 2.05) is 5.32 Å². The molecule has 41 heavy (non-hydrogen) atoms. The first-order valence-corrected chi connectivity index (χ1v) is 14.3. The van der Waals surface area contributed by atoms with Gasteiger partial charge in [0.1, 0.15) is 19.2 Å². The summed E-state index contributed by atoms with van der Waals surface area (Å²) in [7, 11) is -4.11. The van der Waals surface area contributed by atoms with Gasteiger partial charge < -0.3 is 35.5 Å². The molecule has 15 nitrogen and oxygen atoms in total. The molecule has 2 rings (SSSR count). The second kappa shape index (κ2) is 15.8. The minimum atomic E-state index is -5.18. The van der Waals surface area contributed by atoms with Crippen LogP contribution in [0.25, 0.3) is 0 Å². The molecule has 1 aromatic rings. The first-order chi connectivity index (χ1) is 19.3. The molecule has 0 radical (unpaired) electrons. The number of hydrogen-bond donors (Lipinski definition) is 5. The molecule has 228 valence electrons. The van der Waals surface area contributed by atoms with Crippen LogP contribution in [0.2, 0.25) is 0 Å². The minimum Gasteiger partial charge on any atom is -0.468 e. The number of carbonyl (C=O) groups excluding carboxylic acids is 5. The standard InChI is InChI=1S/C25H36N4O11S/c1-15(2)11-18(29-25(34)39-14-16-7-5-4-6-8-16)22(32)28-19(12-17-9-10-26-21(17)31)23(41(35,36)37)40-24(33)27-13-20(30)38-3/h4-8,15,17-19,23H,9-14H2,1-3H3,(H,26,31)(H,27,33)(H,28,32)(H,29,34)(H,35,36,37)/t17-,18-,19-,23?/m0/s1. The van der Waals surface area contributed by atoms with E-state index in [1.165, 1.54) is 0 Å². The molecule has 1 aromatic carbocycles. The number of carbonyl (C=O) groups is 5. The van der Waals surface area contributed by atoms with Gasteiger partial charge in [0.15, 0.2) is 0 Å². The number of methoxy groups -OCH3 is 1. The maximum absolute atomic E-state index is 13.3. The van der Waals surface area contributed by atoms with E-state index in [0.717, 1.165) is 7.11 Å². The number of hydrogen-bond acceptors (Lipinski definition) is 10. The van der Waals surface area contributed by atoms with Gasteiger partial charge in [-0.05, 0) is 30.7 Å². The Bertz CT molecular complexity index is 1180. The summed E-state index contributed by atoms with van der Waals surface area (Å²) in [6, 6.07) is 5.97. The highest BCUT2D eigenvalue weighted by molar-refractivity contribution is 7.86. The Morgan fingerprint density at radius 3 is 2.34 bits per heavy atom. The van der Waals surface area contributed by atoms with E-state index in [0.29, 0.717) is 12.1 Å². The molecule has 0 bridgehead atoms. The third kappa shape index (κ3) is 11.6. The SMILES string of the molecule is COC(=O)CNC(=O)OC([C@H](C[C@@H]1CCNC1=O)NC(=O)[C@H](CC(C)C)NC(=O)OCc1ccccc1)S(=O)(=O)O. The molecule has 0 spiro atoms. The first kappa shape index (κ1) is 33.3. The van der Waals surface area contributed by atoms with Gasteiger partial charge in [0.25, 0.3) is 0 Å². The molecular formula is C25H36N4O11S. The van der Waals surface area contributed by atoms with Crippen molar-refractivity contribution in [2.75, 3.05) is 20.2 Å². The summed E-state index contributed by atoms with van der Waals surface area (Å²) in [5.74, 6) is -3.05. The summed E-state index contributed by atoms with van der Waals surface area (Å²) in [4.78, 5) is 61.6. The lowest BCUT2D eigenvalue weighted by molar-refractivity contribution is -0.139. The minimum absolute atomic E-state index is 0.0680. The smallest absolute Gasteiger partial charge is 0.409 e. The fraction of sp³-hybridized carbons (Fsp3) is 0.560. The van der Waals surface area contributed by atoms with Crippen molar-refractivity contribution in [3.63, 3.8) is 0 Å². The molecular weight excluding hydrogens is 564 g/mol. The molecule has 1 unspecified atom stereocenters. The molecule has 1 heterocycles. The molecule has 1 aliphatic heterocycles. The second-order valence-corrected chi connectivity index (χ2v) is 11.2. The largest absolute Gasteiger partial charge is 0.468 e. The molecule has 0 aliphatic carbocycles. The van der Waals surface area contributed by atoms with Crippen LogP contribution in [0.1, 0.15) is 38.7 Å². The highest BCUT2D eigenvalue weighted by Crippen LogP contribution is 2.22. The zero-order valence-corrected chi connectivity index (χ0v) is 23.8.